The fourth-order valence-electron chi connectivity index (χ4n) is 1.95. The molecular formula is C18H15IN2O2. The van der Waals surface area contributed by atoms with E-state index in [2.05, 4.69) is 12.2 Å². The summed E-state index contributed by atoms with van der Waals surface area (Å²) in [6.45, 7) is 2.06. The molecule has 0 aliphatic carbocycles. The second kappa shape index (κ2) is 7.79. The minimum atomic E-state index is -0.458. The number of carbonyl (C=O) groups excluding carboxylic acids is 1. The topological polar surface area (TPSA) is 73.1 Å². The van der Waals surface area contributed by atoms with E-state index in [-0.39, 0.29) is 11.3 Å². The molecule has 0 unspecified atom stereocenters. The van der Waals surface area contributed by atoms with Gasteiger partial charge in [-0.15, -0.1) is 0 Å². The van der Waals surface area contributed by atoms with E-state index in [0.717, 1.165) is 6.42 Å². The number of rotatable bonds is 4. The quantitative estimate of drug-likeness (QED) is 0.446. The third-order valence-electron chi connectivity index (χ3n) is 3.27. The van der Waals surface area contributed by atoms with Crippen LogP contribution < -0.4 is 5.32 Å². The molecule has 0 aromatic heterocycles. The van der Waals surface area contributed by atoms with Gasteiger partial charge in [-0.1, -0.05) is 25.1 Å². The molecule has 0 fully saturated rings. The van der Waals surface area contributed by atoms with Gasteiger partial charge < -0.3 is 10.4 Å². The SMILES string of the molecule is CCc1ccc(NC(=O)/C(C#N)=C/c2ccc(O)c(I)c2)cc1. The van der Waals surface area contributed by atoms with E-state index in [1.54, 1.807) is 12.1 Å². The second-order valence-electron chi connectivity index (χ2n) is 4.89. The lowest BCUT2D eigenvalue weighted by atomic mass is 10.1. The van der Waals surface area contributed by atoms with Gasteiger partial charge in [0.1, 0.15) is 17.4 Å². The number of hydrogen-bond acceptors (Lipinski definition) is 3. The van der Waals surface area contributed by atoms with Crippen LogP contribution in [0.15, 0.2) is 48.0 Å². The molecule has 0 saturated carbocycles. The third-order valence-corrected chi connectivity index (χ3v) is 4.13. The molecular weight excluding hydrogens is 403 g/mol. The van der Waals surface area contributed by atoms with E-state index in [1.165, 1.54) is 17.7 Å². The van der Waals surface area contributed by atoms with Crippen LogP contribution in [-0.2, 0) is 11.2 Å². The Balaban J connectivity index is 2.18. The van der Waals surface area contributed by atoms with E-state index >= 15 is 0 Å². The highest BCUT2D eigenvalue weighted by Gasteiger charge is 2.10. The first-order chi connectivity index (χ1) is 11.0. The molecule has 0 heterocycles. The van der Waals surface area contributed by atoms with Gasteiger partial charge in [-0.2, -0.15) is 5.26 Å². The molecule has 0 bridgehead atoms. The van der Waals surface area contributed by atoms with Crippen LogP contribution in [0.25, 0.3) is 6.08 Å². The van der Waals surface area contributed by atoms with Gasteiger partial charge >= 0.3 is 0 Å². The molecule has 0 aliphatic heterocycles. The number of benzene rings is 2. The largest absolute Gasteiger partial charge is 0.507 e. The number of halogens is 1. The van der Waals surface area contributed by atoms with Crippen molar-refractivity contribution < 1.29 is 9.90 Å². The molecule has 5 heteroatoms. The Hall–Kier alpha value is -2.33. The highest BCUT2D eigenvalue weighted by atomic mass is 127. The van der Waals surface area contributed by atoms with Gasteiger partial charge in [0.25, 0.3) is 5.91 Å². The van der Waals surface area contributed by atoms with Gasteiger partial charge in [-0.25, -0.2) is 0 Å². The number of hydrogen-bond donors (Lipinski definition) is 2. The molecule has 0 atom stereocenters. The minimum Gasteiger partial charge on any atom is -0.507 e. The Kier molecular flexibility index (Phi) is 5.77. The standard InChI is InChI=1S/C18H15IN2O2/c1-2-12-3-6-15(7-4-12)21-18(23)14(11-20)9-13-5-8-17(22)16(19)10-13/h3-10,22H,2H2,1H3,(H,21,23)/b14-9+. The van der Waals surface area contributed by atoms with Gasteiger partial charge in [0.15, 0.2) is 0 Å². The molecule has 1 amide bonds. The summed E-state index contributed by atoms with van der Waals surface area (Å²) in [6.07, 6.45) is 2.43. The van der Waals surface area contributed by atoms with Gasteiger partial charge in [0.05, 0.1) is 3.57 Å². The van der Waals surface area contributed by atoms with Crippen molar-refractivity contribution in [3.8, 4) is 11.8 Å². The number of phenolic OH excluding ortho intramolecular Hbond substituents is 1. The maximum Gasteiger partial charge on any atom is 0.266 e. The highest BCUT2D eigenvalue weighted by molar-refractivity contribution is 14.1. The lowest BCUT2D eigenvalue weighted by Gasteiger charge is -2.05. The van der Waals surface area contributed by atoms with Crippen molar-refractivity contribution in [3.05, 3.63) is 62.7 Å². The van der Waals surface area contributed by atoms with E-state index in [0.29, 0.717) is 14.8 Å². The Morgan fingerprint density at radius 2 is 2.00 bits per heavy atom. The van der Waals surface area contributed by atoms with Crippen molar-refractivity contribution in [2.45, 2.75) is 13.3 Å². The normalized spacial score (nSPS) is 10.9. The molecule has 2 aromatic rings. The lowest BCUT2D eigenvalue weighted by molar-refractivity contribution is -0.112. The van der Waals surface area contributed by atoms with E-state index < -0.39 is 5.91 Å². The number of carbonyl (C=O) groups is 1. The summed E-state index contributed by atoms with van der Waals surface area (Å²) in [7, 11) is 0. The third kappa shape index (κ3) is 4.57. The van der Waals surface area contributed by atoms with Crippen LogP contribution in [0.5, 0.6) is 5.75 Å². The molecule has 0 spiro atoms. The Labute approximate surface area is 148 Å². The Morgan fingerprint density at radius 3 is 2.57 bits per heavy atom. The number of phenols is 1. The molecule has 23 heavy (non-hydrogen) atoms. The maximum absolute atomic E-state index is 12.2. The lowest BCUT2D eigenvalue weighted by Crippen LogP contribution is -2.13. The number of nitrogens with one attached hydrogen (secondary N) is 1. The Bertz CT molecular complexity index is 790. The first-order valence-corrected chi connectivity index (χ1v) is 8.12. The summed E-state index contributed by atoms with van der Waals surface area (Å²) in [5.74, 6) is -0.290. The molecule has 0 radical (unpaired) electrons. The van der Waals surface area contributed by atoms with Crippen molar-refractivity contribution in [1.82, 2.24) is 0 Å². The van der Waals surface area contributed by atoms with Gasteiger partial charge in [-0.3, -0.25) is 4.79 Å². The van der Waals surface area contributed by atoms with E-state index in [9.17, 15) is 15.2 Å². The van der Waals surface area contributed by atoms with Gasteiger partial charge in [-0.05, 0) is 70.5 Å². The molecule has 2 N–H and O–H groups in total. The Morgan fingerprint density at radius 1 is 1.30 bits per heavy atom. The van der Waals surface area contributed by atoms with Crippen molar-refractivity contribution in [2.75, 3.05) is 5.32 Å². The molecule has 2 aromatic carbocycles. The van der Waals surface area contributed by atoms with E-state index in [4.69, 9.17) is 0 Å². The molecule has 0 saturated heterocycles. The number of amides is 1. The maximum atomic E-state index is 12.2. The van der Waals surface area contributed by atoms with Crippen molar-refractivity contribution in [3.63, 3.8) is 0 Å². The predicted octanol–water partition coefficient (Wildman–Crippen LogP) is 4.10. The van der Waals surface area contributed by atoms with E-state index in [1.807, 2.05) is 52.9 Å². The van der Waals surface area contributed by atoms with Crippen LogP contribution >= 0.6 is 22.6 Å². The molecule has 4 nitrogen and oxygen atoms in total. The average molecular weight is 418 g/mol. The fourth-order valence-corrected chi connectivity index (χ4v) is 2.49. The van der Waals surface area contributed by atoms with Crippen molar-refractivity contribution in [1.29, 1.82) is 5.26 Å². The number of anilines is 1. The smallest absolute Gasteiger partial charge is 0.266 e. The second-order valence-corrected chi connectivity index (χ2v) is 6.05. The zero-order valence-electron chi connectivity index (χ0n) is 12.5. The minimum absolute atomic E-state index is 0.00561. The van der Waals surface area contributed by atoms with Crippen LogP contribution in [0.2, 0.25) is 0 Å². The summed E-state index contributed by atoms with van der Waals surface area (Å²) in [5.41, 5.74) is 2.51. The number of aryl methyl sites for hydroxylation is 1. The predicted molar refractivity (Wildman–Crippen MR) is 98.9 cm³/mol. The summed E-state index contributed by atoms with van der Waals surface area (Å²) >= 11 is 1.99. The number of aromatic hydroxyl groups is 1. The van der Waals surface area contributed by atoms with Crippen LogP contribution in [0, 0.1) is 14.9 Å². The van der Waals surface area contributed by atoms with Crippen LogP contribution in [0.1, 0.15) is 18.1 Å². The van der Waals surface area contributed by atoms with Gasteiger partial charge in [0.2, 0.25) is 0 Å². The average Bonchev–Trinajstić information content (AvgIpc) is 2.56. The first-order valence-electron chi connectivity index (χ1n) is 7.04. The molecule has 2 rings (SSSR count). The van der Waals surface area contributed by atoms with Crippen LogP contribution in [0.4, 0.5) is 5.69 Å². The van der Waals surface area contributed by atoms with Crippen molar-refractivity contribution >= 4 is 40.3 Å². The monoisotopic (exact) mass is 418 g/mol. The fraction of sp³-hybridized carbons (Fsp3) is 0.111. The zero-order valence-corrected chi connectivity index (χ0v) is 14.7. The molecule has 116 valence electrons. The first kappa shape index (κ1) is 17.0. The summed E-state index contributed by atoms with van der Waals surface area (Å²) in [5, 5.41) is 21.4. The summed E-state index contributed by atoms with van der Waals surface area (Å²) in [6, 6.07) is 14.3. The van der Waals surface area contributed by atoms with Crippen LogP contribution in [-0.4, -0.2) is 11.0 Å². The summed E-state index contributed by atoms with van der Waals surface area (Å²) < 4.78 is 0.657. The van der Waals surface area contributed by atoms with Crippen LogP contribution in [0.3, 0.4) is 0 Å². The van der Waals surface area contributed by atoms with Crippen molar-refractivity contribution in [2.24, 2.45) is 0 Å². The van der Waals surface area contributed by atoms with Gasteiger partial charge in [0, 0.05) is 5.69 Å². The summed E-state index contributed by atoms with van der Waals surface area (Å²) in [4.78, 5) is 12.2. The number of nitrogens with zero attached hydrogens (tertiary/aromatic N) is 1. The zero-order chi connectivity index (χ0) is 16.8. The number of nitriles is 1. The molecule has 0 aliphatic rings. The highest BCUT2D eigenvalue weighted by Crippen LogP contribution is 2.22.